The number of aryl methyl sites for hydroxylation is 1. The second kappa shape index (κ2) is 6.21. The molecule has 1 aliphatic rings. The lowest BCUT2D eigenvalue weighted by atomic mass is 10.2. The van der Waals surface area contributed by atoms with Crippen LogP contribution in [0.25, 0.3) is 11.2 Å². The van der Waals surface area contributed by atoms with Gasteiger partial charge in [0.15, 0.2) is 10.8 Å². The van der Waals surface area contributed by atoms with Crippen LogP contribution in [0.3, 0.4) is 0 Å². The molecule has 1 saturated carbocycles. The Morgan fingerprint density at radius 2 is 1.96 bits per heavy atom. The zero-order chi connectivity index (χ0) is 17.7. The highest BCUT2D eigenvalue weighted by molar-refractivity contribution is 6.35. The molecule has 0 unspecified atom stereocenters. The van der Waals surface area contributed by atoms with Crippen LogP contribution in [0.5, 0.6) is 0 Å². The molecule has 4 atom stereocenters. The van der Waals surface area contributed by atoms with Crippen LogP contribution in [0, 0.1) is 0 Å². The fourth-order valence-corrected chi connectivity index (χ4v) is 3.79. The predicted octanol–water partition coefficient (Wildman–Crippen LogP) is 1.80. The fourth-order valence-electron chi connectivity index (χ4n) is 3.37. The van der Waals surface area contributed by atoms with Gasteiger partial charge in [-0.3, -0.25) is 4.68 Å². The highest BCUT2D eigenvalue weighted by Gasteiger charge is 2.44. The lowest BCUT2D eigenvalue weighted by Gasteiger charge is -2.18. The summed E-state index contributed by atoms with van der Waals surface area (Å²) in [6.07, 6.45) is 4.57. The molecule has 3 aromatic rings. The molecule has 0 radical (unpaired) electrons. The van der Waals surface area contributed by atoms with Gasteiger partial charge in [0.2, 0.25) is 5.28 Å². The van der Waals surface area contributed by atoms with Crippen LogP contribution in [0.1, 0.15) is 31.0 Å². The molecule has 0 aliphatic heterocycles. The molecule has 1 fully saturated rings. The van der Waals surface area contributed by atoms with Gasteiger partial charge in [-0.1, -0.05) is 18.5 Å². The van der Waals surface area contributed by atoms with Crippen LogP contribution >= 0.6 is 23.2 Å². The lowest BCUT2D eigenvalue weighted by Crippen LogP contribution is -2.30. The van der Waals surface area contributed by atoms with Gasteiger partial charge in [-0.25, -0.2) is 9.97 Å². The molecule has 0 saturated heterocycles. The first kappa shape index (κ1) is 16.7. The van der Waals surface area contributed by atoms with Gasteiger partial charge in [0.1, 0.15) is 17.7 Å². The van der Waals surface area contributed by atoms with E-state index in [2.05, 4.69) is 20.1 Å². The number of hydrogen-bond donors (Lipinski definition) is 2. The van der Waals surface area contributed by atoms with Crippen molar-refractivity contribution in [3.63, 3.8) is 0 Å². The topological polar surface area (TPSA) is 102 Å². The van der Waals surface area contributed by atoms with Crippen molar-refractivity contribution in [1.29, 1.82) is 0 Å². The summed E-state index contributed by atoms with van der Waals surface area (Å²) in [5, 5.41) is 25.6. The van der Waals surface area contributed by atoms with Gasteiger partial charge in [0, 0.05) is 6.20 Å². The predicted molar refractivity (Wildman–Crippen MR) is 91.7 cm³/mol. The van der Waals surface area contributed by atoms with Gasteiger partial charge in [0.05, 0.1) is 24.6 Å². The molecule has 8 nitrogen and oxygen atoms in total. The summed E-state index contributed by atoms with van der Waals surface area (Å²) in [6, 6.07) is -0.771. The Kier molecular flexibility index (Phi) is 4.15. The van der Waals surface area contributed by atoms with Gasteiger partial charge in [-0.2, -0.15) is 10.1 Å². The average molecular weight is 383 g/mol. The Morgan fingerprint density at radius 3 is 2.68 bits per heavy atom. The molecular weight excluding hydrogens is 367 g/mol. The SMILES string of the molecule is CCc1cnn([C@H]2C[C@@H](n3cnc4c(Cl)nc(Cl)nc43)[C@H](O)[C@@H]2O)c1. The van der Waals surface area contributed by atoms with Crippen LogP contribution in [-0.2, 0) is 6.42 Å². The molecule has 132 valence electrons. The zero-order valence-corrected chi connectivity index (χ0v) is 14.8. The number of hydrogen-bond acceptors (Lipinski definition) is 6. The Labute approximate surface area is 153 Å². The fraction of sp³-hybridized carbons (Fsp3) is 0.467. The van der Waals surface area contributed by atoms with Crippen molar-refractivity contribution >= 4 is 34.4 Å². The molecule has 1 aliphatic carbocycles. The first-order chi connectivity index (χ1) is 12.0. The van der Waals surface area contributed by atoms with Crippen molar-refractivity contribution in [2.45, 2.75) is 44.1 Å². The third-order valence-electron chi connectivity index (χ3n) is 4.73. The largest absolute Gasteiger partial charge is 0.388 e. The van der Waals surface area contributed by atoms with E-state index in [0.717, 1.165) is 12.0 Å². The van der Waals surface area contributed by atoms with Crippen molar-refractivity contribution in [1.82, 2.24) is 29.3 Å². The van der Waals surface area contributed by atoms with Crippen LogP contribution in [0.15, 0.2) is 18.7 Å². The summed E-state index contributed by atoms with van der Waals surface area (Å²) < 4.78 is 3.40. The molecule has 3 heterocycles. The molecule has 0 bridgehead atoms. The van der Waals surface area contributed by atoms with E-state index in [-0.39, 0.29) is 16.5 Å². The van der Waals surface area contributed by atoms with Crippen molar-refractivity contribution in [3.8, 4) is 0 Å². The molecule has 2 N–H and O–H groups in total. The van der Waals surface area contributed by atoms with Crippen molar-refractivity contribution in [2.75, 3.05) is 0 Å². The van der Waals surface area contributed by atoms with E-state index in [0.29, 0.717) is 17.6 Å². The standard InChI is InChI=1S/C15H16Cl2N6O2/c1-2-7-4-19-23(5-7)9-3-8(11(24)12(9)25)22-6-18-10-13(16)20-15(17)21-14(10)22/h4-6,8-9,11-12,24-25H,2-3H2,1H3/t8-,9+,11+,12-/m1/s1. The molecule has 0 amide bonds. The quantitative estimate of drug-likeness (QED) is 0.528. The number of nitrogens with zero attached hydrogens (tertiary/aromatic N) is 6. The monoisotopic (exact) mass is 382 g/mol. The van der Waals surface area contributed by atoms with E-state index in [1.165, 1.54) is 6.33 Å². The smallest absolute Gasteiger partial charge is 0.225 e. The molecular formula is C15H16Cl2N6O2. The van der Waals surface area contributed by atoms with Crippen LogP contribution in [0.4, 0.5) is 0 Å². The van der Waals surface area contributed by atoms with E-state index in [1.54, 1.807) is 15.4 Å². The number of aromatic nitrogens is 6. The number of fused-ring (bicyclic) bond motifs is 1. The summed E-state index contributed by atoms with van der Waals surface area (Å²) in [5.74, 6) is 0. The maximum Gasteiger partial charge on any atom is 0.225 e. The number of rotatable bonds is 3. The first-order valence-electron chi connectivity index (χ1n) is 7.94. The van der Waals surface area contributed by atoms with Gasteiger partial charge in [0.25, 0.3) is 0 Å². The third-order valence-corrected chi connectivity index (χ3v) is 5.17. The van der Waals surface area contributed by atoms with Crippen LogP contribution in [-0.4, -0.2) is 51.7 Å². The molecule has 4 rings (SSSR count). The van der Waals surface area contributed by atoms with Gasteiger partial charge in [-0.15, -0.1) is 0 Å². The highest BCUT2D eigenvalue weighted by Crippen LogP contribution is 2.39. The zero-order valence-electron chi connectivity index (χ0n) is 13.3. The molecule has 10 heteroatoms. The minimum atomic E-state index is -0.996. The normalized spacial score (nSPS) is 26.6. The number of aliphatic hydroxyl groups is 2. The second-order valence-corrected chi connectivity index (χ2v) is 6.84. The Hall–Kier alpha value is -1.74. The summed E-state index contributed by atoms with van der Waals surface area (Å²) in [5.41, 5.74) is 1.91. The van der Waals surface area contributed by atoms with Crippen molar-refractivity contribution < 1.29 is 10.2 Å². The maximum absolute atomic E-state index is 10.6. The Balaban J connectivity index is 1.72. The summed E-state index contributed by atoms with van der Waals surface area (Å²) in [6.45, 7) is 2.04. The first-order valence-corrected chi connectivity index (χ1v) is 8.70. The minimum Gasteiger partial charge on any atom is -0.388 e. The van der Waals surface area contributed by atoms with Crippen molar-refractivity contribution in [3.05, 3.63) is 34.7 Å². The maximum atomic E-state index is 10.6. The number of aliphatic hydroxyl groups excluding tert-OH is 2. The third kappa shape index (κ3) is 2.69. The molecule has 25 heavy (non-hydrogen) atoms. The average Bonchev–Trinajstić information content (AvgIpc) is 3.27. The Morgan fingerprint density at radius 1 is 1.20 bits per heavy atom. The molecule has 0 spiro atoms. The second-order valence-electron chi connectivity index (χ2n) is 6.14. The van der Waals surface area contributed by atoms with Gasteiger partial charge in [-0.05, 0) is 30.0 Å². The summed E-state index contributed by atoms with van der Waals surface area (Å²) in [4.78, 5) is 12.2. The summed E-state index contributed by atoms with van der Waals surface area (Å²) in [7, 11) is 0. The van der Waals surface area contributed by atoms with Crippen LogP contribution < -0.4 is 0 Å². The van der Waals surface area contributed by atoms with E-state index in [9.17, 15) is 10.2 Å². The summed E-state index contributed by atoms with van der Waals surface area (Å²) >= 11 is 11.9. The van der Waals surface area contributed by atoms with E-state index >= 15 is 0 Å². The minimum absolute atomic E-state index is 0.00324. The van der Waals surface area contributed by atoms with Gasteiger partial charge < -0.3 is 14.8 Å². The molecule has 3 aromatic heterocycles. The van der Waals surface area contributed by atoms with E-state index in [1.807, 2.05) is 13.1 Å². The van der Waals surface area contributed by atoms with E-state index < -0.39 is 18.2 Å². The van der Waals surface area contributed by atoms with E-state index in [4.69, 9.17) is 23.2 Å². The van der Waals surface area contributed by atoms with Crippen molar-refractivity contribution in [2.24, 2.45) is 0 Å². The van der Waals surface area contributed by atoms with Crippen LogP contribution in [0.2, 0.25) is 10.4 Å². The molecule has 0 aromatic carbocycles. The highest BCUT2D eigenvalue weighted by atomic mass is 35.5. The Bertz CT molecular complexity index is 926. The number of halogens is 2. The lowest BCUT2D eigenvalue weighted by molar-refractivity contribution is 0.00721. The van der Waals surface area contributed by atoms with Gasteiger partial charge >= 0.3 is 0 Å². The number of imidazole rings is 1.